The van der Waals surface area contributed by atoms with Crippen molar-refractivity contribution in [3.63, 3.8) is 0 Å². The Kier molecular flexibility index (Phi) is 5.03. The zero-order chi connectivity index (χ0) is 20.7. The van der Waals surface area contributed by atoms with Crippen molar-refractivity contribution in [1.82, 2.24) is 20.0 Å². The minimum absolute atomic E-state index is 0.0453. The molecule has 0 aliphatic heterocycles. The molecule has 2 N–H and O–H groups in total. The maximum Gasteiger partial charge on any atom is 0.268 e. The second kappa shape index (κ2) is 7.71. The summed E-state index contributed by atoms with van der Waals surface area (Å²) in [4.78, 5) is 29.5. The molecule has 4 unspecified atom stereocenters. The smallest absolute Gasteiger partial charge is 0.268 e. The van der Waals surface area contributed by atoms with Crippen molar-refractivity contribution in [2.24, 2.45) is 23.2 Å². The van der Waals surface area contributed by atoms with Crippen LogP contribution in [0.3, 0.4) is 0 Å². The van der Waals surface area contributed by atoms with Gasteiger partial charge in [-0.1, -0.05) is 25.3 Å². The Morgan fingerprint density at radius 2 is 2.03 bits per heavy atom. The van der Waals surface area contributed by atoms with Crippen molar-refractivity contribution in [2.75, 3.05) is 13.1 Å². The molecule has 0 spiro atoms. The molecule has 6 nitrogen and oxygen atoms in total. The van der Waals surface area contributed by atoms with E-state index in [2.05, 4.69) is 15.6 Å². The van der Waals surface area contributed by atoms with Crippen LogP contribution in [0.15, 0.2) is 24.4 Å². The van der Waals surface area contributed by atoms with Gasteiger partial charge in [0.05, 0.1) is 12.1 Å². The van der Waals surface area contributed by atoms with E-state index in [1.54, 1.807) is 0 Å². The van der Waals surface area contributed by atoms with Gasteiger partial charge in [-0.05, 0) is 67.9 Å². The van der Waals surface area contributed by atoms with Gasteiger partial charge in [-0.2, -0.15) is 0 Å². The van der Waals surface area contributed by atoms with Gasteiger partial charge in [-0.25, -0.2) is 4.98 Å². The average Bonchev–Trinajstić information content (AvgIpc) is 3.19. The fraction of sp³-hybridized carbons (Fsp3) is 0.625. The molecule has 2 aromatic heterocycles. The van der Waals surface area contributed by atoms with Gasteiger partial charge in [0.25, 0.3) is 5.91 Å². The van der Waals surface area contributed by atoms with E-state index in [4.69, 9.17) is 0 Å². The molecule has 0 aromatic carbocycles. The third-order valence-corrected chi connectivity index (χ3v) is 7.72. The summed E-state index contributed by atoms with van der Waals surface area (Å²) in [6.45, 7) is 3.28. The van der Waals surface area contributed by atoms with Crippen molar-refractivity contribution < 1.29 is 9.59 Å². The number of pyridine rings is 1. The fourth-order valence-electron chi connectivity index (χ4n) is 6.65. The van der Waals surface area contributed by atoms with E-state index in [0.29, 0.717) is 29.0 Å². The number of aromatic nitrogens is 2. The first-order valence-corrected chi connectivity index (χ1v) is 11.6. The highest BCUT2D eigenvalue weighted by atomic mass is 16.2. The van der Waals surface area contributed by atoms with Gasteiger partial charge in [0.2, 0.25) is 5.91 Å². The van der Waals surface area contributed by atoms with Crippen LogP contribution in [-0.4, -0.2) is 34.3 Å². The van der Waals surface area contributed by atoms with Crippen LogP contribution in [-0.2, 0) is 11.2 Å². The minimum atomic E-state index is -0.0513. The summed E-state index contributed by atoms with van der Waals surface area (Å²) in [6.07, 6.45) is 11.5. The predicted octanol–water partition coefficient (Wildman–Crippen LogP) is 3.35. The summed E-state index contributed by atoms with van der Waals surface area (Å²) >= 11 is 0. The fourth-order valence-corrected chi connectivity index (χ4v) is 6.65. The number of amides is 2. The molecule has 2 aromatic rings. The number of hydrogen-bond acceptors (Lipinski definition) is 3. The Balaban J connectivity index is 1.30. The van der Waals surface area contributed by atoms with E-state index in [9.17, 15) is 9.59 Å². The molecule has 30 heavy (non-hydrogen) atoms. The maximum atomic E-state index is 13.1. The standard InChI is InChI=1S/C24H32N4O2/c1-2-25-22(29)10-19-14-28-20(7-4-8-21(28)27-19)23(30)26-15-24-11-16-5-3-6-17(12-24)18(9-16)13-24/h4,7-8,14,16-18H,2-3,5-6,9-13,15H2,1H3,(H,25,29)(H,26,30). The highest BCUT2D eigenvalue weighted by Gasteiger charge is 2.51. The second-order valence-electron chi connectivity index (χ2n) is 9.85. The lowest BCUT2D eigenvalue weighted by molar-refractivity contribution is -0.120. The van der Waals surface area contributed by atoms with Crippen LogP contribution in [0.25, 0.3) is 5.65 Å². The van der Waals surface area contributed by atoms with Crippen LogP contribution in [0.2, 0.25) is 0 Å². The number of fused-ring (bicyclic) bond motifs is 3. The van der Waals surface area contributed by atoms with E-state index >= 15 is 0 Å². The second-order valence-corrected chi connectivity index (χ2v) is 9.85. The summed E-state index contributed by atoms with van der Waals surface area (Å²) in [7, 11) is 0. The zero-order valence-corrected chi connectivity index (χ0v) is 17.8. The highest BCUT2D eigenvalue weighted by Crippen LogP contribution is 2.59. The normalized spacial score (nSPS) is 29.7. The van der Waals surface area contributed by atoms with Crippen LogP contribution < -0.4 is 10.6 Å². The van der Waals surface area contributed by atoms with E-state index in [1.165, 1.54) is 44.9 Å². The van der Waals surface area contributed by atoms with E-state index in [-0.39, 0.29) is 18.2 Å². The van der Waals surface area contributed by atoms with Gasteiger partial charge in [-0.3, -0.25) is 14.0 Å². The minimum Gasteiger partial charge on any atom is -0.356 e. The lowest BCUT2D eigenvalue weighted by Crippen LogP contribution is -2.39. The molecule has 6 heteroatoms. The van der Waals surface area contributed by atoms with Crippen molar-refractivity contribution in [2.45, 2.75) is 58.3 Å². The summed E-state index contributed by atoms with van der Waals surface area (Å²) in [5.74, 6) is 2.53. The SMILES string of the molecule is CCNC(=O)Cc1cn2c(C(=O)NCC34CC5CCCC(C3)C(C5)C4)cccc2n1. The molecule has 3 aliphatic carbocycles. The molecule has 3 bridgehead atoms. The van der Waals surface area contributed by atoms with E-state index in [1.807, 2.05) is 35.7 Å². The number of nitrogens with zero attached hydrogens (tertiary/aromatic N) is 2. The van der Waals surface area contributed by atoms with Gasteiger partial charge < -0.3 is 10.6 Å². The first-order chi connectivity index (χ1) is 14.5. The van der Waals surface area contributed by atoms with Crippen LogP contribution in [0, 0.1) is 23.2 Å². The maximum absolute atomic E-state index is 13.1. The van der Waals surface area contributed by atoms with Crippen molar-refractivity contribution in [1.29, 1.82) is 0 Å². The summed E-state index contributed by atoms with van der Waals surface area (Å²) < 4.78 is 1.81. The zero-order valence-electron chi connectivity index (χ0n) is 17.8. The van der Waals surface area contributed by atoms with Crippen LogP contribution in [0.4, 0.5) is 0 Å². The topological polar surface area (TPSA) is 75.5 Å². The third kappa shape index (κ3) is 3.61. The quantitative estimate of drug-likeness (QED) is 0.770. The molecule has 0 radical (unpaired) electrons. The predicted molar refractivity (Wildman–Crippen MR) is 115 cm³/mol. The van der Waals surface area contributed by atoms with Gasteiger partial charge in [0.1, 0.15) is 11.3 Å². The highest BCUT2D eigenvalue weighted by molar-refractivity contribution is 5.93. The van der Waals surface area contributed by atoms with E-state index in [0.717, 1.165) is 24.3 Å². The lowest BCUT2D eigenvalue weighted by atomic mass is 9.69. The molecule has 160 valence electrons. The Morgan fingerprint density at radius 3 is 2.90 bits per heavy atom. The number of hydrogen-bond donors (Lipinski definition) is 2. The third-order valence-electron chi connectivity index (χ3n) is 7.72. The monoisotopic (exact) mass is 408 g/mol. The first-order valence-electron chi connectivity index (χ1n) is 11.6. The van der Waals surface area contributed by atoms with Gasteiger partial charge in [-0.15, -0.1) is 0 Å². The van der Waals surface area contributed by atoms with Gasteiger partial charge in [0, 0.05) is 19.3 Å². The van der Waals surface area contributed by atoms with Gasteiger partial charge in [0.15, 0.2) is 0 Å². The van der Waals surface area contributed by atoms with Crippen LogP contribution >= 0.6 is 0 Å². The average molecular weight is 409 g/mol. The lowest BCUT2D eigenvalue weighted by Gasteiger charge is -2.38. The number of nitrogens with one attached hydrogen (secondary N) is 2. The molecular formula is C24H32N4O2. The molecular weight excluding hydrogens is 376 g/mol. The molecule has 3 saturated carbocycles. The van der Waals surface area contributed by atoms with Crippen molar-refractivity contribution >= 4 is 17.5 Å². The Morgan fingerprint density at radius 1 is 1.17 bits per heavy atom. The Hall–Kier alpha value is -2.37. The number of imidazole rings is 1. The first kappa shape index (κ1) is 19.6. The molecule has 0 saturated heterocycles. The molecule has 3 fully saturated rings. The van der Waals surface area contributed by atoms with Crippen molar-refractivity contribution in [3.8, 4) is 0 Å². The summed E-state index contributed by atoms with van der Waals surface area (Å²) in [6, 6.07) is 5.58. The molecule has 2 amide bonds. The van der Waals surface area contributed by atoms with Crippen molar-refractivity contribution in [3.05, 3.63) is 35.8 Å². The summed E-state index contributed by atoms with van der Waals surface area (Å²) in [5, 5.41) is 6.07. The van der Waals surface area contributed by atoms with Gasteiger partial charge >= 0.3 is 0 Å². The largest absolute Gasteiger partial charge is 0.356 e. The molecule has 5 rings (SSSR count). The Labute approximate surface area is 177 Å². The number of likely N-dealkylation sites (N-methyl/N-ethyl adjacent to an activating group) is 1. The number of rotatable bonds is 6. The van der Waals surface area contributed by atoms with Crippen LogP contribution in [0.5, 0.6) is 0 Å². The van der Waals surface area contributed by atoms with Crippen LogP contribution in [0.1, 0.15) is 68.1 Å². The molecule has 2 heterocycles. The number of carbonyl (C=O) groups excluding carboxylic acids is 2. The van der Waals surface area contributed by atoms with E-state index < -0.39 is 0 Å². The molecule has 3 aliphatic rings. The summed E-state index contributed by atoms with van der Waals surface area (Å²) in [5.41, 5.74) is 2.27. The molecule has 4 atom stereocenters. The number of carbonyl (C=O) groups is 2. The Bertz CT molecular complexity index is 963.